The van der Waals surface area contributed by atoms with Crippen LogP contribution in [0.25, 0.3) is 10.9 Å². The van der Waals surface area contributed by atoms with E-state index in [-0.39, 0.29) is 0 Å². The predicted molar refractivity (Wildman–Crippen MR) is 74.5 cm³/mol. The standard InChI is InChI=1S/C14H12F7N3/c1-7-3-4-11-9(5-7)10(8(2)23-11)6-22-24-14(20,21)12(15,16)13(17,18)19/h3-6,23-24H,1-2H3/b22-6+. The van der Waals surface area contributed by atoms with Crippen molar-refractivity contribution in [3.8, 4) is 0 Å². The van der Waals surface area contributed by atoms with Gasteiger partial charge in [0.25, 0.3) is 0 Å². The number of rotatable bonds is 4. The van der Waals surface area contributed by atoms with E-state index >= 15 is 0 Å². The number of hydrazone groups is 1. The molecule has 0 fully saturated rings. The molecule has 1 aromatic carbocycles. The zero-order valence-electron chi connectivity index (χ0n) is 12.4. The molecule has 0 unspecified atom stereocenters. The van der Waals surface area contributed by atoms with E-state index in [1.807, 2.05) is 0 Å². The summed E-state index contributed by atoms with van der Waals surface area (Å²) >= 11 is 0. The number of fused-ring (bicyclic) bond motifs is 1. The van der Waals surface area contributed by atoms with Crippen LogP contribution < -0.4 is 5.43 Å². The Bertz CT molecular complexity index is 775. The van der Waals surface area contributed by atoms with Gasteiger partial charge >= 0.3 is 18.1 Å². The molecule has 0 amide bonds. The number of benzene rings is 1. The molecule has 0 aliphatic heterocycles. The van der Waals surface area contributed by atoms with Gasteiger partial charge in [-0.2, -0.15) is 35.8 Å². The number of alkyl halides is 7. The maximum Gasteiger partial charge on any atom is 0.462 e. The van der Waals surface area contributed by atoms with E-state index in [9.17, 15) is 30.7 Å². The van der Waals surface area contributed by atoms with E-state index in [0.29, 0.717) is 27.6 Å². The van der Waals surface area contributed by atoms with Gasteiger partial charge in [-0.15, -0.1) is 0 Å². The van der Waals surface area contributed by atoms with Crippen molar-refractivity contribution in [1.82, 2.24) is 10.4 Å². The maximum atomic E-state index is 13.1. The summed E-state index contributed by atoms with van der Waals surface area (Å²) in [7, 11) is 0. The lowest BCUT2D eigenvalue weighted by atomic mass is 10.1. The van der Waals surface area contributed by atoms with Gasteiger partial charge in [-0.25, -0.2) is 5.43 Å². The van der Waals surface area contributed by atoms with Crippen LogP contribution in [0.15, 0.2) is 23.3 Å². The second-order valence-electron chi connectivity index (χ2n) is 5.23. The van der Waals surface area contributed by atoms with Gasteiger partial charge in [0.2, 0.25) is 0 Å². The molecule has 0 aliphatic rings. The lowest BCUT2D eigenvalue weighted by molar-refractivity contribution is -0.361. The van der Waals surface area contributed by atoms with Crippen molar-refractivity contribution in [1.29, 1.82) is 0 Å². The predicted octanol–water partition coefficient (Wildman–Crippen LogP) is 4.50. The molecule has 1 aromatic heterocycles. The summed E-state index contributed by atoms with van der Waals surface area (Å²) in [6.45, 7) is 3.36. The average molecular weight is 355 g/mol. The fourth-order valence-corrected chi connectivity index (χ4v) is 2.05. The number of H-pyrrole nitrogens is 1. The number of hydrogen-bond acceptors (Lipinski definition) is 2. The maximum absolute atomic E-state index is 13.1. The van der Waals surface area contributed by atoms with Crippen LogP contribution in [-0.2, 0) is 0 Å². The first-order chi connectivity index (χ1) is 10.9. The molecule has 0 spiro atoms. The minimum Gasteiger partial charge on any atom is -0.358 e. The summed E-state index contributed by atoms with van der Waals surface area (Å²) in [6, 6.07) is -0.384. The van der Waals surface area contributed by atoms with Crippen LogP contribution in [-0.4, -0.2) is 29.3 Å². The molecule has 0 bridgehead atoms. The topological polar surface area (TPSA) is 40.2 Å². The first-order valence-electron chi connectivity index (χ1n) is 6.58. The third-order valence-corrected chi connectivity index (χ3v) is 3.34. The molecule has 3 nitrogen and oxygen atoms in total. The number of aromatic nitrogens is 1. The summed E-state index contributed by atoms with van der Waals surface area (Å²) in [5.41, 5.74) is 2.88. The lowest BCUT2D eigenvalue weighted by Crippen LogP contribution is -2.58. The molecule has 0 aliphatic carbocycles. The van der Waals surface area contributed by atoms with E-state index in [1.165, 1.54) is 0 Å². The molecular formula is C14H12F7N3. The molecule has 1 heterocycles. The van der Waals surface area contributed by atoms with Crippen LogP contribution in [0.5, 0.6) is 0 Å². The summed E-state index contributed by atoms with van der Waals surface area (Å²) in [5.74, 6) is -6.26. The summed E-state index contributed by atoms with van der Waals surface area (Å²) < 4.78 is 87.7. The molecule has 2 aromatic rings. The molecule has 24 heavy (non-hydrogen) atoms. The number of nitrogens with one attached hydrogen (secondary N) is 2. The van der Waals surface area contributed by atoms with Crippen LogP contribution >= 0.6 is 0 Å². The summed E-state index contributed by atoms with van der Waals surface area (Å²) in [6.07, 6.45) is -5.64. The highest BCUT2D eigenvalue weighted by Gasteiger charge is 2.73. The largest absolute Gasteiger partial charge is 0.462 e. The van der Waals surface area contributed by atoms with E-state index in [1.54, 1.807) is 32.0 Å². The van der Waals surface area contributed by atoms with E-state index < -0.39 is 18.1 Å². The number of aryl methyl sites for hydroxylation is 2. The van der Waals surface area contributed by atoms with E-state index in [0.717, 1.165) is 11.8 Å². The minimum atomic E-state index is -6.41. The third-order valence-electron chi connectivity index (χ3n) is 3.34. The Hall–Kier alpha value is -2.26. The lowest BCUT2D eigenvalue weighted by Gasteiger charge is -2.27. The average Bonchev–Trinajstić information content (AvgIpc) is 2.73. The molecule has 2 N–H and O–H groups in total. The summed E-state index contributed by atoms with van der Waals surface area (Å²) in [4.78, 5) is 2.92. The number of hydrogen-bond donors (Lipinski definition) is 2. The van der Waals surface area contributed by atoms with Crippen molar-refractivity contribution in [2.75, 3.05) is 0 Å². The quantitative estimate of drug-likeness (QED) is 0.361. The van der Waals surface area contributed by atoms with Gasteiger partial charge in [-0.1, -0.05) is 11.6 Å². The molecule has 0 atom stereocenters. The Labute approximate surface area is 131 Å². The number of aromatic amines is 1. The number of nitrogens with zero attached hydrogens (tertiary/aromatic N) is 1. The Morgan fingerprint density at radius 2 is 1.67 bits per heavy atom. The Kier molecular flexibility index (Phi) is 4.28. The first kappa shape index (κ1) is 18.1. The van der Waals surface area contributed by atoms with Crippen LogP contribution in [0.1, 0.15) is 16.8 Å². The SMILES string of the molecule is Cc1ccc2[nH]c(C)c(/C=N/NC(F)(F)C(F)(F)C(F)(F)F)c2c1. The summed E-state index contributed by atoms with van der Waals surface area (Å²) in [5, 5.41) is 3.45. The van der Waals surface area contributed by atoms with Crippen molar-refractivity contribution in [3.05, 3.63) is 35.0 Å². The van der Waals surface area contributed by atoms with Gasteiger partial charge in [-0.05, 0) is 26.0 Å². The van der Waals surface area contributed by atoms with E-state index in [4.69, 9.17) is 0 Å². The molecule has 132 valence electrons. The van der Waals surface area contributed by atoms with Gasteiger partial charge in [-0.3, -0.25) is 0 Å². The molecule has 0 radical (unpaired) electrons. The molecule has 2 rings (SSSR count). The number of halogens is 7. The minimum absolute atomic E-state index is 0.298. The Morgan fingerprint density at radius 3 is 2.25 bits per heavy atom. The van der Waals surface area contributed by atoms with Gasteiger partial charge in [0.15, 0.2) is 0 Å². The second kappa shape index (κ2) is 5.67. The Balaban J connectivity index is 2.29. The van der Waals surface area contributed by atoms with Gasteiger partial charge in [0.05, 0.1) is 6.21 Å². The highest BCUT2D eigenvalue weighted by atomic mass is 19.4. The first-order valence-corrected chi connectivity index (χ1v) is 6.58. The van der Waals surface area contributed by atoms with Crippen molar-refractivity contribution in [2.24, 2.45) is 5.10 Å². The van der Waals surface area contributed by atoms with Crippen molar-refractivity contribution in [3.63, 3.8) is 0 Å². The molecular weight excluding hydrogens is 343 g/mol. The van der Waals surface area contributed by atoms with Crippen LogP contribution in [0, 0.1) is 13.8 Å². The highest BCUT2D eigenvalue weighted by Crippen LogP contribution is 2.45. The van der Waals surface area contributed by atoms with Crippen molar-refractivity contribution >= 4 is 17.1 Å². The van der Waals surface area contributed by atoms with Gasteiger partial charge in [0.1, 0.15) is 0 Å². The van der Waals surface area contributed by atoms with Gasteiger partial charge < -0.3 is 4.98 Å². The molecule has 0 saturated carbocycles. The monoisotopic (exact) mass is 355 g/mol. The highest BCUT2D eigenvalue weighted by molar-refractivity contribution is 6.00. The van der Waals surface area contributed by atoms with Crippen LogP contribution in [0.4, 0.5) is 30.7 Å². The second-order valence-corrected chi connectivity index (χ2v) is 5.23. The van der Waals surface area contributed by atoms with Crippen molar-refractivity contribution < 1.29 is 30.7 Å². The molecule has 0 saturated heterocycles. The van der Waals surface area contributed by atoms with Crippen molar-refractivity contribution in [2.45, 2.75) is 32.0 Å². The molecule has 10 heteroatoms. The Morgan fingerprint density at radius 1 is 1.04 bits per heavy atom. The zero-order valence-corrected chi connectivity index (χ0v) is 12.4. The van der Waals surface area contributed by atoms with Gasteiger partial charge in [0, 0.05) is 22.2 Å². The van der Waals surface area contributed by atoms with Crippen LogP contribution in [0.3, 0.4) is 0 Å². The normalized spacial score (nSPS) is 13.9. The fraction of sp³-hybridized carbons (Fsp3) is 0.357. The third kappa shape index (κ3) is 3.04. The zero-order chi connectivity index (χ0) is 18.3. The van der Waals surface area contributed by atoms with E-state index in [2.05, 4.69) is 10.1 Å². The van der Waals surface area contributed by atoms with Crippen LogP contribution in [0.2, 0.25) is 0 Å². The smallest absolute Gasteiger partial charge is 0.358 e. The fourth-order valence-electron chi connectivity index (χ4n) is 2.05.